The number of rotatable bonds is 6. The first-order chi connectivity index (χ1) is 13.6. The highest BCUT2D eigenvalue weighted by Crippen LogP contribution is 2.29. The third-order valence-corrected chi connectivity index (χ3v) is 5.31. The Labute approximate surface area is 165 Å². The molecule has 28 heavy (non-hydrogen) atoms. The van der Waals surface area contributed by atoms with Crippen molar-refractivity contribution in [2.75, 3.05) is 65.5 Å². The first kappa shape index (κ1) is 20.4. The van der Waals surface area contributed by atoms with Gasteiger partial charge < -0.3 is 24.4 Å². The molecule has 2 fully saturated rings. The molecule has 0 bridgehead atoms. The van der Waals surface area contributed by atoms with Crippen molar-refractivity contribution >= 4 is 17.5 Å². The molecular formula is C20H29N3O5. The van der Waals surface area contributed by atoms with Crippen LogP contribution < -0.4 is 14.8 Å². The monoisotopic (exact) mass is 391 g/mol. The quantitative estimate of drug-likeness (QED) is 0.785. The van der Waals surface area contributed by atoms with E-state index in [4.69, 9.17) is 14.2 Å². The predicted octanol–water partition coefficient (Wildman–Crippen LogP) is 1.21. The van der Waals surface area contributed by atoms with Gasteiger partial charge in [0, 0.05) is 25.1 Å². The van der Waals surface area contributed by atoms with Gasteiger partial charge in [-0.1, -0.05) is 0 Å². The van der Waals surface area contributed by atoms with Crippen LogP contribution in [0, 0.1) is 5.92 Å². The normalized spacial score (nSPS) is 18.6. The molecule has 2 heterocycles. The van der Waals surface area contributed by atoms with E-state index in [-0.39, 0.29) is 17.7 Å². The van der Waals surface area contributed by atoms with Gasteiger partial charge in [-0.15, -0.1) is 0 Å². The summed E-state index contributed by atoms with van der Waals surface area (Å²) in [5.74, 6) is 1.42. The van der Waals surface area contributed by atoms with Crippen LogP contribution in [0.25, 0.3) is 0 Å². The van der Waals surface area contributed by atoms with Gasteiger partial charge in [0.05, 0.1) is 39.7 Å². The van der Waals surface area contributed by atoms with Crippen LogP contribution in [0.15, 0.2) is 18.2 Å². The Hall–Kier alpha value is -2.32. The maximum Gasteiger partial charge on any atom is 0.238 e. The molecule has 2 aliphatic heterocycles. The third-order valence-electron chi connectivity index (χ3n) is 5.31. The molecule has 0 spiro atoms. The number of piperidine rings is 1. The van der Waals surface area contributed by atoms with Crippen LogP contribution >= 0.6 is 0 Å². The number of hydrogen-bond donors (Lipinski definition) is 1. The number of anilines is 1. The van der Waals surface area contributed by atoms with Crippen molar-refractivity contribution in [3.05, 3.63) is 18.2 Å². The van der Waals surface area contributed by atoms with Gasteiger partial charge in [0.1, 0.15) is 11.5 Å². The minimum absolute atomic E-state index is 0.0547. The Morgan fingerprint density at radius 1 is 1.11 bits per heavy atom. The van der Waals surface area contributed by atoms with Crippen LogP contribution in [0.1, 0.15) is 12.8 Å². The highest BCUT2D eigenvalue weighted by Gasteiger charge is 2.29. The van der Waals surface area contributed by atoms with E-state index in [0.717, 1.165) is 25.9 Å². The summed E-state index contributed by atoms with van der Waals surface area (Å²) in [6.07, 6.45) is 1.57. The van der Waals surface area contributed by atoms with E-state index in [1.807, 2.05) is 4.90 Å². The highest BCUT2D eigenvalue weighted by molar-refractivity contribution is 5.93. The maximum absolute atomic E-state index is 12.6. The summed E-state index contributed by atoms with van der Waals surface area (Å²) in [6, 6.07) is 5.28. The average molecular weight is 391 g/mol. The number of likely N-dealkylation sites (tertiary alicyclic amines) is 1. The third kappa shape index (κ3) is 5.14. The number of carbonyl (C=O) groups excluding carboxylic acids is 2. The number of benzene rings is 1. The number of hydrogen-bond acceptors (Lipinski definition) is 6. The fraction of sp³-hybridized carbons (Fsp3) is 0.600. The van der Waals surface area contributed by atoms with Gasteiger partial charge in [0.15, 0.2) is 0 Å². The molecule has 0 radical (unpaired) electrons. The standard InChI is InChI=1S/C20H29N3O5/c1-26-16-3-4-17(18(13-16)27-2)21-19(24)14-22-7-5-15(6-8-22)20(25)23-9-11-28-12-10-23/h3-4,13,15H,5-12,14H2,1-2H3,(H,21,24). The first-order valence-corrected chi connectivity index (χ1v) is 9.71. The van der Waals surface area contributed by atoms with E-state index < -0.39 is 0 Å². The first-order valence-electron chi connectivity index (χ1n) is 9.71. The second kappa shape index (κ2) is 9.75. The van der Waals surface area contributed by atoms with Crippen molar-refractivity contribution in [2.24, 2.45) is 5.92 Å². The molecule has 2 aliphatic rings. The SMILES string of the molecule is COc1ccc(NC(=O)CN2CCC(C(=O)N3CCOCC3)CC2)c(OC)c1. The fourth-order valence-electron chi connectivity index (χ4n) is 3.67. The van der Waals surface area contributed by atoms with Crippen molar-refractivity contribution in [1.29, 1.82) is 0 Å². The smallest absolute Gasteiger partial charge is 0.238 e. The van der Waals surface area contributed by atoms with Crippen molar-refractivity contribution in [1.82, 2.24) is 9.80 Å². The summed E-state index contributed by atoms with van der Waals surface area (Å²) in [4.78, 5) is 29.0. The van der Waals surface area contributed by atoms with E-state index in [0.29, 0.717) is 50.0 Å². The lowest BCUT2D eigenvalue weighted by atomic mass is 9.95. The van der Waals surface area contributed by atoms with Crippen molar-refractivity contribution < 1.29 is 23.8 Å². The van der Waals surface area contributed by atoms with Crippen LogP contribution in [0.4, 0.5) is 5.69 Å². The van der Waals surface area contributed by atoms with Gasteiger partial charge in [-0.3, -0.25) is 14.5 Å². The number of ether oxygens (including phenoxy) is 3. The lowest BCUT2D eigenvalue weighted by Gasteiger charge is -2.35. The minimum Gasteiger partial charge on any atom is -0.497 e. The molecule has 1 aromatic rings. The Morgan fingerprint density at radius 3 is 2.46 bits per heavy atom. The Morgan fingerprint density at radius 2 is 1.82 bits per heavy atom. The summed E-state index contributed by atoms with van der Waals surface area (Å²) in [7, 11) is 3.14. The summed E-state index contributed by atoms with van der Waals surface area (Å²) in [5, 5.41) is 2.90. The number of morpholine rings is 1. The lowest BCUT2D eigenvalue weighted by Crippen LogP contribution is -2.47. The van der Waals surface area contributed by atoms with Gasteiger partial charge in [0.25, 0.3) is 0 Å². The molecule has 0 aliphatic carbocycles. The number of nitrogens with one attached hydrogen (secondary N) is 1. The molecule has 2 saturated heterocycles. The maximum atomic E-state index is 12.6. The Bertz CT molecular complexity index is 682. The van der Waals surface area contributed by atoms with Gasteiger partial charge >= 0.3 is 0 Å². The van der Waals surface area contributed by atoms with Gasteiger partial charge in [-0.25, -0.2) is 0 Å². The van der Waals surface area contributed by atoms with Crippen molar-refractivity contribution in [3.63, 3.8) is 0 Å². The van der Waals surface area contributed by atoms with E-state index in [9.17, 15) is 9.59 Å². The van der Waals surface area contributed by atoms with Crippen LogP contribution in [0.3, 0.4) is 0 Å². The lowest BCUT2D eigenvalue weighted by molar-refractivity contribution is -0.141. The summed E-state index contributed by atoms with van der Waals surface area (Å²) >= 11 is 0. The molecule has 0 atom stereocenters. The molecule has 3 rings (SSSR count). The van der Waals surface area contributed by atoms with E-state index in [1.54, 1.807) is 32.4 Å². The predicted molar refractivity (Wildman–Crippen MR) is 105 cm³/mol. The number of amides is 2. The molecule has 1 aromatic carbocycles. The van der Waals surface area contributed by atoms with Crippen molar-refractivity contribution in [2.45, 2.75) is 12.8 Å². The number of carbonyl (C=O) groups is 2. The molecule has 0 saturated carbocycles. The zero-order valence-corrected chi connectivity index (χ0v) is 16.6. The second-order valence-electron chi connectivity index (χ2n) is 7.10. The summed E-state index contributed by atoms with van der Waals surface area (Å²) in [6.45, 7) is 4.41. The molecule has 8 heteroatoms. The zero-order valence-electron chi connectivity index (χ0n) is 16.6. The van der Waals surface area contributed by atoms with E-state index >= 15 is 0 Å². The molecule has 2 amide bonds. The Kier molecular flexibility index (Phi) is 7.11. The van der Waals surface area contributed by atoms with Crippen LogP contribution in [-0.4, -0.2) is 81.8 Å². The molecule has 8 nitrogen and oxygen atoms in total. The topological polar surface area (TPSA) is 80.3 Å². The molecule has 0 aromatic heterocycles. The number of methoxy groups -OCH3 is 2. The zero-order chi connectivity index (χ0) is 19.9. The summed E-state index contributed by atoms with van der Waals surface area (Å²) < 4.78 is 15.8. The van der Waals surface area contributed by atoms with Crippen molar-refractivity contribution in [3.8, 4) is 11.5 Å². The molecular weight excluding hydrogens is 362 g/mol. The van der Waals surface area contributed by atoms with Crippen LogP contribution in [0.5, 0.6) is 11.5 Å². The van der Waals surface area contributed by atoms with Gasteiger partial charge in [-0.05, 0) is 38.1 Å². The minimum atomic E-state index is -0.0959. The number of nitrogens with zero attached hydrogens (tertiary/aromatic N) is 2. The highest BCUT2D eigenvalue weighted by atomic mass is 16.5. The van der Waals surface area contributed by atoms with Crippen LogP contribution in [0.2, 0.25) is 0 Å². The largest absolute Gasteiger partial charge is 0.497 e. The average Bonchev–Trinajstić information content (AvgIpc) is 2.74. The van der Waals surface area contributed by atoms with E-state index in [2.05, 4.69) is 10.2 Å². The molecule has 0 unspecified atom stereocenters. The van der Waals surface area contributed by atoms with Crippen LogP contribution in [-0.2, 0) is 14.3 Å². The summed E-state index contributed by atoms with van der Waals surface area (Å²) in [5.41, 5.74) is 0.616. The van der Waals surface area contributed by atoms with E-state index in [1.165, 1.54) is 0 Å². The van der Waals surface area contributed by atoms with Gasteiger partial charge in [-0.2, -0.15) is 0 Å². The fourth-order valence-corrected chi connectivity index (χ4v) is 3.67. The van der Waals surface area contributed by atoms with Gasteiger partial charge in [0.2, 0.25) is 11.8 Å². The second-order valence-corrected chi connectivity index (χ2v) is 7.10. The molecule has 154 valence electrons. The Balaban J connectivity index is 1.46. The molecule has 1 N–H and O–H groups in total.